The molecule has 0 aliphatic heterocycles. The van der Waals surface area contributed by atoms with Gasteiger partial charge >= 0.3 is 7.12 Å². The monoisotopic (exact) mass is 180 g/mol. The fourth-order valence-corrected chi connectivity index (χ4v) is 0.851. The summed E-state index contributed by atoms with van der Waals surface area (Å²) < 4.78 is 0. The summed E-state index contributed by atoms with van der Waals surface area (Å²) in [5, 5.41) is 17.5. The van der Waals surface area contributed by atoms with Crippen LogP contribution >= 0.6 is 0 Å². The standard InChI is InChI=1S/C7H9BN2O3/c11-5-9-10-7-3-1-6(2-4-7)8(12)13/h1-5,10,12-13H,(H,9,11). The Kier molecular flexibility index (Phi) is 3.30. The molecular formula is C7H9BN2O3. The van der Waals surface area contributed by atoms with Gasteiger partial charge in [-0.2, -0.15) is 0 Å². The number of hydrogen-bond donors (Lipinski definition) is 4. The van der Waals surface area contributed by atoms with Gasteiger partial charge in [-0.05, 0) is 17.6 Å². The van der Waals surface area contributed by atoms with E-state index < -0.39 is 7.12 Å². The second kappa shape index (κ2) is 4.49. The Morgan fingerprint density at radius 2 is 1.85 bits per heavy atom. The van der Waals surface area contributed by atoms with Crippen LogP contribution in [0.4, 0.5) is 5.69 Å². The van der Waals surface area contributed by atoms with Crippen molar-refractivity contribution in [3.63, 3.8) is 0 Å². The minimum atomic E-state index is -1.46. The van der Waals surface area contributed by atoms with Crippen LogP contribution in [-0.4, -0.2) is 23.6 Å². The molecule has 0 unspecified atom stereocenters. The van der Waals surface area contributed by atoms with E-state index in [4.69, 9.17) is 10.0 Å². The summed E-state index contributed by atoms with van der Waals surface area (Å²) in [6, 6.07) is 6.31. The number of carbonyl (C=O) groups excluding carboxylic acids is 1. The third-order valence-corrected chi connectivity index (χ3v) is 1.48. The van der Waals surface area contributed by atoms with Crippen molar-refractivity contribution in [3.8, 4) is 0 Å². The molecule has 0 fully saturated rings. The summed E-state index contributed by atoms with van der Waals surface area (Å²) in [6.45, 7) is 0. The van der Waals surface area contributed by atoms with E-state index in [2.05, 4.69) is 10.9 Å². The van der Waals surface area contributed by atoms with E-state index >= 15 is 0 Å². The highest BCUT2D eigenvalue weighted by Gasteiger charge is 2.09. The van der Waals surface area contributed by atoms with Crippen LogP contribution in [0.1, 0.15) is 0 Å². The predicted molar refractivity (Wildman–Crippen MR) is 49.1 cm³/mol. The maximum absolute atomic E-state index is 9.90. The molecule has 0 aromatic heterocycles. The van der Waals surface area contributed by atoms with Crippen molar-refractivity contribution in [1.29, 1.82) is 0 Å². The molecule has 0 atom stereocenters. The van der Waals surface area contributed by atoms with E-state index in [1.54, 1.807) is 24.3 Å². The van der Waals surface area contributed by atoms with Crippen LogP contribution in [0, 0.1) is 0 Å². The van der Waals surface area contributed by atoms with Crippen LogP contribution in [0.3, 0.4) is 0 Å². The largest absolute Gasteiger partial charge is 0.488 e. The molecule has 0 aliphatic rings. The van der Waals surface area contributed by atoms with Crippen LogP contribution in [0.2, 0.25) is 0 Å². The highest BCUT2D eigenvalue weighted by atomic mass is 16.4. The lowest BCUT2D eigenvalue weighted by Crippen LogP contribution is -2.29. The summed E-state index contributed by atoms with van der Waals surface area (Å²) in [5.74, 6) is 0. The molecule has 6 heteroatoms. The first-order valence-corrected chi connectivity index (χ1v) is 3.65. The number of carbonyl (C=O) groups is 1. The van der Waals surface area contributed by atoms with Crippen molar-refractivity contribution in [3.05, 3.63) is 24.3 Å². The van der Waals surface area contributed by atoms with E-state index in [0.29, 0.717) is 17.6 Å². The summed E-state index contributed by atoms with van der Waals surface area (Å²) >= 11 is 0. The molecule has 4 N–H and O–H groups in total. The minimum Gasteiger partial charge on any atom is -0.423 e. The fraction of sp³-hybridized carbons (Fsp3) is 0. The third kappa shape index (κ3) is 2.77. The second-order valence-electron chi connectivity index (χ2n) is 2.38. The molecule has 1 aromatic carbocycles. The molecule has 68 valence electrons. The normalized spacial score (nSPS) is 9.08. The Morgan fingerprint density at radius 1 is 1.23 bits per heavy atom. The average molecular weight is 180 g/mol. The number of anilines is 1. The zero-order valence-corrected chi connectivity index (χ0v) is 6.77. The Hall–Kier alpha value is -1.53. The summed E-state index contributed by atoms with van der Waals surface area (Å²) in [7, 11) is -1.46. The highest BCUT2D eigenvalue weighted by Crippen LogP contribution is 2.01. The molecule has 0 radical (unpaired) electrons. The molecule has 0 saturated carbocycles. The molecule has 0 saturated heterocycles. The number of hydrazine groups is 1. The van der Waals surface area contributed by atoms with Gasteiger partial charge in [-0.3, -0.25) is 15.6 Å². The number of nitrogens with one attached hydrogen (secondary N) is 2. The zero-order chi connectivity index (χ0) is 9.68. The predicted octanol–water partition coefficient (Wildman–Crippen LogP) is -1.56. The highest BCUT2D eigenvalue weighted by molar-refractivity contribution is 6.58. The van der Waals surface area contributed by atoms with Crippen molar-refractivity contribution in [2.75, 3.05) is 5.43 Å². The van der Waals surface area contributed by atoms with Gasteiger partial charge in [0, 0.05) is 0 Å². The second-order valence-corrected chi connectivity index (χ2v) is 2.38. The molecular weight excluding hydrogens is 171 g/mol. The Balaban J connectivity index is 2.64. The Morgan fingerprint density at radius 3 is 2.31 bits per heavy atom. The van der Waals surface area contributed by atoms with Crippen LogP contribution < -0.4 is 16.3 Å². The minimum absolute atomic E-state index is 0.400. The van der Waals surface area contributed by atoms with Crippen LogP contribution in [0.25, 0.3) is 0 Å². The van der Waals surface area contributed by atoms with Gasteiger partial charge in [-0.15, -0.1) is 0 Å². The summed E-state index contributed by atoms with van der Waals surface area (Å²) in [4.78, 5) is 9.90. The molecule has 1 rings (SSSR count). The van der Waals surface area contributed by atoms with Gasteiger partial charge in [0.25, 0.3) is 0 Å². The molecule has 0 heterocycles. The van der Waals surface area contributed by atoms with Crippen LogP contribution in [0.15, 0.2) is 24.3 Å². The maximum atomic E-state index is 9.90. The van der Waals surface area contributed by atoms with Crippen molar-refractivity contribution in [2.24, 2.45) is 0 Å². The van der Waals surface area contributed by atoms with Gasteiger partial charge < -0.3 is 10.0 Å². The molecule has 0 aliphatic carbocycles. The van der Waals surface area contributed by atoms with Crippen molar-refractivity contribution < 1.29 is 14.8 Å². The molecule has 1 aromatic rings. The zero-order valence-electron chi connectivity index (χ0n) is 6.77. The van der Waals surface area contributed by atoms with Gasteiger partial charge in [-0.1, -0.05) is 12.1 Å². The molecule has 13 heavy (non-hydrogen) atoms. The van der Waals surface area contributed by atoms with Crippen LogP contribution in [-0.2, 0) is 4.79 Å². The van der Waals surface area contributed by atoms with E-state index in [9.17, 15) is 4.79 Å². The van der Waals surface area contributed by atoms with Gasteiger partial charge in [0.2, 0.25) is 6.41 Å². The van der Waals surface area contributed by atoms with Crippen molar-refractivity contribution in [1.82, 2.24) is 5.43 Å². The molecule has 1 amide bonds. The van der Waals surface area contributed by atoms with Gasteiger partial charge in [0.1, 0.15) is 0 Å². The van der Waals surface area contributed by atoms with Gasteiger partial charge in [0.15, 0.2) is 0 Å². The quantitative estimate of drug-likeness (QED) is 0.256. The molecule has 0 spiro atoms. The summed E-state index contributed by atoms with van der Waals surface area (Å²) in [6.07, 6.45) is 0.509. The number of amides is 1. The van der Waals surface area contributed by atoms with Crippen LogP contribution in [0.5, 0.6) is 0 Å². The first kappa shape index (κ1) is 9.56. The lowest BCUT2D eigenvalue weighted by Gasteiger charge is -2.04. The van der Waals surface area contributed by atoms with E-state index in [1.165, 1.54) is 0 Å². The van der Waals surface area contributed by atoms with E-state index in [1.807, 2.05) is 0 Å². The van der Waals surface area contributed by atoms with Crippen molar-refractivity contribution in [2.45, 2.75) is 0 Å². The van der Waals surface area contributed by atoms with Gasteiger partial charge in [-0.25, -0.2) is 0 Å². The maximum Gasteiger partial charge on any atom is 0.488 e. The first-order valence-electron chi connectivity index (χ1n) is 3.65. The SMILES string of the molecule is O=CNNc1ccc(B(O)O)cc1. The number of rotatable bonds is 4. The smallest absolute Gasteiger partial charge is 0.423 e. The average Bonchev–Trinajstić information content (AvgIpc) is 2.15. The molecule has 5 nitrogen and oxygen atoms in total. The Labute approximate surface area is 75.5 Å². The topological polar surface area (TPSA) is 81.6 Å². The van der Waals surface area contributed by atoms with Crippen molar-refractivity contribution >= 4 is 24.7 Å². The number of benzene rings is 1. The molecule has 0 bridgehead atoms. The lowest BCUT2D eigenvalue weighted by atomic mass is 9.80. The Bertz CT molecular complexity index is 276. The third-order valence-electron chi connectivity index (χ3n) is 1.48. The lowest BCUT2D eigenvalue weighted by molar-refractivity contribution is -0.109. The fourth-order valence-electron chi connectivity index (χ4n) is 0.851. The first-order chi connectivity index (χ1) is 6.24. The number of hydrogen-bond acceptors (Lipinski definition) is 4. The summed E-state index contributed by atoms with van der Waals surface area (Å²) in [5.41, 5.74) is 5.90. The van der Waals surface area contributed by atoms with E-state index in [-0.39, 0.29) is 0 Å². The van der Waals surface area contributed by atoms with Gasteiger partial charge in [0.05, 0.1) is 5.69 Å². The van der Waals surface area contributed by atoms with E-state index in [0.717, 1.165) is 0 Å².